The predicted molar refractivity (Wildman–Crippen MR) is 102 cm³/mol. The first-order valence-electron chi connectivity index (χ1n) is 8.38. The first-order valence-corrected chi connectivity index (χ1v) is 8.76. The van der Waals surface area contributed by atoms with Crippen LogP contribution in [-0.4, -0.2) is 25.5 Å². The van der Waals surface area contributed by atoms with Crippen LogP contribution in [0.3, 0.4) is 0 Å². The number of halogens is 1. The van der Waals surface area contributed by atoms with Gasteiger partial charge in [-0.15, -0.1) is 0 Å². The van der Waals surface area contributed by atoms with E-state index in [0.29, 0.717) is 32.3 Å². The van der Waals surface area contributed by atoms with Crippen molar-refractivity contribution in [2.75, 3.05) is 13.2 Å². The predicted octanol–water partition coefficient (Wildman–Crippen LogP) is 5.72. The maximum atomic E-state index is 11.9. The molecule has 0 aliphatic heterocycles. The Morgan fingerprint density at radius 2 is 1.26 bits per heavy atom. The van der Waals surface area contributed by atoms with E-state index in [0.717, 1.165) is 0 Å². The van der Waals surface area contributed by atoms with Crippen molar-refractivity contribution in [1.29, 1.82) is 0 Å². The highest BCUT2D eigenvalue weighted by atomic mass is 35.5. The summed E-state index contributed by atoms with van der Waals surface area (Å²) in [6.45, 7) is 3.74. The molecule has 0 saturated carbocycles. The molecule has 0 radical (unpaired) electrons. The summed E-state index contributed by atoms with van der Waals surface area (Å²) in [4.78, 5) is 23.9. The van der Waals surface area contributed by atoms with Gasteiger partial charge in [0.15, 0.2) is 5.75 Å². The standard InChI is InChI=1S/C20H17ClO6/c1-3-24-19(22)26-17-13-7-5-6-8-14(13)18(27-20(23)25-4-2)16-11-12(21)9-10-15(16)17/h5-11H,3-4H2,1-2H3. The van der Waals surface area contributed by atoms with Gasteiger partial charge < -0.3 is 18.9 Å². The summed E-state index contributed by atoms with van der Waals surface area (Å²) in [6, 6.07) is 12.1. The second-order valence-corrected chi connectivity index (χ2v) is 5.90. The number of carbonyl (C=O) groups excluding carboxylic acids is 2. The maximum absolute atomic E-state index is 11.9. The molecule has 3 aromatic rings. The van der Waals surface area contributed by atoms with Crippen molar-refractivity contribution in [1.82, 2.24) is 0 Å². The fourth-order valence-corrected chi connectivity index (χ4v) is 2.92. The van der Waals surface area contributed by atoms with Gasteiger partial charge in [-0.25, -0.2) is 9.59 Å². The van der Waals surface area contributed by atoms with Crippen LogP contribution < -0.4 is 9.47 Å². The lowest BCUT2D eigenvalue weighted by molar-refractivity contribution is 0.103. The molecule has 140 valence electrons. The van der Waals surface area contributed by atoms with Crippen LogP contribution in [0, 0.1) is 0 Å². The number of rotatable bonds is 4. The van der Waals surface area contributed by atoms with Crippen LogP contribution in [0.1, 0.15) is 13.8 Å². The summed E-state index contributed by atoms with van der Waals surface area (Å²) < 4.78 is 20.7. The molecule has 0 fully saturated rings. The number of carbonyl (C=O) groups is 2. The lowest BCUT2D eigenvalue weighted by Gasteiger charge is -2.16. The van der Waals surface area contributed by atoms with Crippen LogP contribution in [0.2, 0.25) is 5.02 Å². The van der Waals surface area contributed by atoms with Gasteiger partial charge in [-0.2, -0.15) is 0 Å². The lowest BCUT2D eigenvalue weighted by atomic mass is 10.0. The molecule has 0 amide bonds. The van der Waals surface area contributed by atoms with Crippen LogP contribution in [0.25, 0.3) is 21.5 Å². The van der Waals surface area contributed by atoms with E-state index in [1.165, 1.54) is 0 Å². The van der Waals surface area contributed by atoms with Crippen LogP contribution in [0.4, 0.5) is 9.59 Å². The minimum atomic E-state index is -0.831. The molecule has 0 N–H and O–H groups in total. The second-order valence-electron chi connectivity index (χ2n) is 5.46. The lowest BCUT2D eigenvalue weighted by Crippen LogP contribution is -2.12. The Labute approximate surface area is 160 Å². The van der Waals surface area contributed by atoms with E-state index in [9.17, 15) is 9.59 Å². The summed E-state index contributed by atoms with van der Waals surface area (Å²) in [5.74, 6) is 0.574. The minimum absolute atomic E-state index is 0.180. The molecule has 0 aliphatic carbocycles. The molecule has 7 heteroatoms. The van der Waals surface area contributed by atoms with Gasteiger partial charge in [0.25, 0.3) is 0 Å². The van der Waals surface area contributed by atoms with E-state index in [1.807, 2.05) is 0 Å². The SMILES string of the molecule is CCOC(=O)Oc1c2ccccc2c(OC(=O)OCC)c2cc(Cl)ccc12. The van der Waals surface area contributed by atoms with Gasteiger partial charge in [-0.1, -0.05) is 35.9 Å². The molecule has 6 nitrogen and oxygen atoms in total. The van der Waals surface area contributed by atoms with Crippen LogP contribution in [-0.2, 0) is 9.47 Å². The van der Waals surface area contributed by atoms with E-state index in [-0.39, 0.29) is 19.0 Å². The van der Waals surface area contributed by atoms with E-state index in [1.54, 1.807) is 56.3 Å². The van der Waals surface area contributed by atoms with Crippen molar-refractivity contribution in [3.8, 4) is 11.5 Å². The van der Waals surface area contributed by atoms with Crippen molar-refractivity contribution < 1.29 is 28.5 Å². The van der Waals surface area contributed by atoms with Gasteiger partial charge in [0.1, 0.15) is 5.75 Å². The largest absolute Gasteiger partial charge is 0.513 e. The second kappa shape index (κ2) is 8.14. The molecule has 0 saturated heterocycles. The third-order valence-corrected chi connectivity index (χ3v) is 4.02. The summed E-state index contributed by atoms with van der Waals surface area (Å²) in [7, 11) is 0. The molecule has 0 atom stereocenters. The van der Waals surface area contributed by atoms with E-state index < -0.39 is 12.3 Å². The topological polar surface area (TPSA) is 71.1 Å². The maximum Gasteiger partial charge on any atom is 0.513 e. The molecule has 3 aromatic carbocycles. The molecule has 27 heavy (non-hydrogen) atoms. The van der Waals surface area contributed by atoms with Gasteiger partial charge in [0.05, 0.1) is 13.2 Å². The number of benzene rings is 3. The molecule has 0 aromatic heterocycles. The van der Waals surface area contributed by atoms with Crippen molar-refractivity contribution >= 4 is 45.5 Å². The summed E-state index contributed by atoms with van der Waals surface area (Å²) in [5.41, 5.74) is 0. The fraction of sp³-hybridized carbons (Fsp3) is 0.200. The molecular weight excluding hydrogens is 372 g/mol. The number of ether oxygens (including phenoxy) is 4. The summed E-state index contributed by atoms with van der Waals surface area (Å²) >= 11 is 6.14. The highest BCUT2D eigenvalue weighted by Crippen LogP contribution is 2.43. The number of hydrogen-bond donors (Lipinski definition) is 0. The average Bonchev–Trinajstić information content (AvgIpc) is 2.64. The third kappa shape index (κ3) is 3.90. The smallest absolute Gasteiger partial charge is 0.434 e. The molecular formula is C20H17ClO6. The van der Waals surface area contributed by atoms with Crippen molar-refractivity contribution in [2.24, 2.45) is 0 Å². The molecule has 0 bridgehead atoms. The molecule has 0 unspecified atom stereocenters. The fourth-order valence-electron chi connectivity index (χ4n) is 2.75. The first-order chi connectivity index (χ1) is 13.0. The highest BCUT2D eigenvalue weighted by molar-refractivity contribution is 6.31. The van der Waals surface area contributed by atoms with Crippen molar-refractivity contribution in [2.45, 2.75) is 13.8 Å². The van der Waals surface area contributed by atoms with E-state index >= 15 is 0 Å². The third-order valence-electron chi connectivity index (χ3n) is 3.78. The van der Waals surface area contributed by atoms with Crippen LogP contribution in [0.15, 0.2) is 42.5 Å². The number of fused-ring (bicyclic) bond motifs is 2. The Balaban J connectivity index is 2.29. The Morgan fingerprint density at radius 3 is 1.78 bits per heavy atom. The Morgan fingerprint density at radius 1 is 0.778 bits per heavy atom. The van der Waals surface area contributed by atoms with Gasteiger partial charge in [0, 0.05) is 26.6 Å². The van der Waals surface area contributed by atoms with Gasteiger partial charge in [0.2, 0.25) is 0 Å². The van der Waals surface area contributed by atoms with E-state index in [2.05, 4.69) is 0 Å². The Bertz CT molecular complexity index is 1010. The molecule has 3 rings (SSSR count). The van der Waals surface area contributed by atoms with Crippen molar-refractivity contribution in [3.63, 3.8) is 0 Å². The highest BCUT2D eigenvalue weighted by Gasteiger charge is 2.21. The average molecular weight is 389 g/mol. The minimum Gasteiger partial charge on any atom is -0.434 e. The summed E-state index contributed by atoms with van der Waals surface area (Å²) in [5, 5.41) is 2.65. The Kier molecular flexibility index (Phi) is 5.66. The van der Waals surface area contributed by atoms with Crippen molar-refractivity contribution in [3.05, 3.63) is 47.5 Å². The monoisotopic (exact) mass is 388 g/mol. The zero-order valence-corrected chi connectivity index (χ0v) is 15.5. The first kappa shape index (κ1) is 18.8. The van der Waals surface area contributed by atoms with E-state index in [4.69, 9.17) is 30.5 Å². The normalized spacial score (nSPS) is 10.6. The zero-order valence-electron chi connectivity index (χ0n) is 14.8. The zero-order chi connectivity index (χ0) is 19.4. The van der Waals surface area contributed by atoms with Gasteiger partial charge in [-0.05, 0) is 32.0 Å². The Hall–Kier alpha value is -2.99. The van der Waals surface area contributed by atoms with Crippen LogP contribution >= 0.6 is 11.6 Å². The van der Waals surface area contributed by atoms with Gasteiger partial charge >= 0.3 is 12.3 Å². The molecule has 0 heterocycles. The number of hydrogen-bond acceptors (Lipinski definition) is 6. The summed E-state index contributed by atoms with van der Waals surface area (Å²) in [6.07, 6.45) is -1.65. The van der Waals surface area contributed by atoms with Crippen LogP contribution in [0.5, 0.6) is 11.5 Å². The molecule has 0 spiro atoms. The quantitative estimate of drug-likeness (QED) is 0.323. The molecule has 0 aliphatic rings. The van der Waals surface area contributed by atoms with Gasteiger partial charge in [-0.3, -0.25) is 0 Å².